The summed E-state index contributed by atoms with van der Waals surface area (Å²) in [5, 5.41) is 3.73. The third-order valence-electron chi connectivity index (χ3n) is 4.30. The lowest BCUT2D eigenvalue weighted by Crippen LogP contribution is -2.49. The van der Waals surface area contributed by atoms with Crippen LogP contribution in [0.2, 0.25) is 0 Å². The van der Waals surface area contributed by atoms with E-state index < -0.39 is 7.94 Å². The van der Waals surface area contributed by atoms with E-state index in [1.165, 1.54) is 5.56 Å². The standard InChI is InChI=1S/C17H26NO3PS/c1-16(2)11-20-22(19,21-12-16)15-17(3,4)23-14(18-15)10-13-8-6-5-7-9-13/h5-9,14-15,18H,10-12H2,1-4H3/t14-,15+/m1/s1. The van der Waals surface area contributed by atoms with Gasteiger partial charge in [-0.15, -0.1) is 11.8 Å². The number of thioether (sulfide) groups is 1. The van der Waals surface area contributed by atoms with Gasteiger partial charge in [0.1, 0.15) is 13.2 Å². The summed E-state index contributed by atoms with van der Waals surface area (Å²) in [6, 6.07) is 10.4. The van der Waals surface area contributed by atoms with E-state index in [1.807, 2.05) is 17.8 Å². The molecule has 0 aliphatic carbocycles. The lowest BCUT2D eigenvalue weighted by molar-refractivity contribution is -0.237. The summed E-state index contributed by atoms with van der Waals surface area (Å²) >= 11 is 1.82. The molecule has 0 unspecified atom stereocenters. The Morgan fingerprint density at radius 3 is 2.39 bits per heavy atom. The number of rotatable bonds is 3. The van der Waals surface area contributed by atoms with Crippen molar-refractivity contribution in [2.45, 2.75) is 50.0 Å². The van der Waals surface area contributed by atoms with Crippen LogP contribution in [0.4, 0.5) is 0 Å². The van der Waals surface area contributed by atoms with Crippen LogP contribution in [0, 0.1) is 5.41 Å². The smallest absolute Gasteiger partial charge is 0.256 e. The fourth-order valence-corrected chi connectivity index (χ4v) is 7.64. The molecule has 6 heteroatoms. The monoisotopic (exact) mass is 355 g/mol. The second-order valence-corrected chi connectivity index (χ2v) is 11.7. The van der Waals surface area contributed by atoms with E-state index >= 15 is 0 Å². The normalized spacial score (nSPS) is 31.9. The van der Waals surface area contributed by atoms with Crippen molar-refractivity contribution >= 4 is 19.7 Å². The molecular weight excluding hydrogens is 329 g/mol. The van der Waals surface area contributed by atoms with Crippen LogP contribution < -0.4 is 10.2 Å². The average molecular weight is 355 g/mol. The van der Waals surface area contributed by atoms with E-state index in [1.54, 1.807) is 0 Å². The maximum atomic E-state index is 13.2. The maximum absolute atomic E-state index is 13.2. The van der Waals surface area contributed by atoms with Crippen molar-refractivity contribution in [1.82, 2.24) is 5.32 Å². The Bertz CT molecular complexity index is 542. The first-order chi connectivity index (χ1) is 10.7. The molecular formula is C17H26NO3PS. The van der Waals surface area contributed by atoms with Gasteiger partial charge in [0, 0.05) is 5.41 Å². The third-order valence-corrected chi connectivity index (χ3v) is 8.31. The number of benzene rings is 1. The molecule has 1 aromatic rings. The van der Waals surface area contributed by atoms with Gasteiger partial charge in [0.2, 0.25) is 0 Å². The van der Waals surface area contributed by atoms with Gasteiger partial charge in [0.05, 0.1) is 10.1 Å². The van der Waals surface area contributed by atoms with E-state index in [-0.39, 0.29) is 21.3 Å². The van der Waals surface area contributed by atoms with Gasteiger partial charge in [-0.1, -0.05) is 44.2 Å². The van der Waals surface area contributed by atoms with Crippen molar-refractivity contribution < 1.29 is 13.9 Å². The van der Waals surface area contributed by atoms with E-state index in [9.17, 15) is 4.89 Å². The molecule has 2 aliphatic rings. The van der Waals surface area contributed by atoms with Crippen LogP contribution in [-0.2, 0) is 15.5 Å². The van der Waals surface area contributed by atoms with Gasteiger partial charge >= 0.3 is 0 Å². The number of hydrogen-bond donors (Lipinski definition) is 1. The SMILES string of the molecule is CC1(C)CO[P+]([O-])([C@@H]2N[C@@H](Cc3ccccc3)SC2(C)C)OC1. The fraction of sp³-hybridized carbons (Fsp3) is 0.647. The van der Waals surface area contributed by atoms with Gasteiger partial charge in [-0.05, 0) is 25.8 Å². The molecule has 2 heterocycles. The van der Waals surface area contributed by atoms with Crippen LogP contribution in [0.25, 0.3) is 0 Å². The van der Waals surface area contributed by atoms with Crippen molar-refractivity contribution in [3.05, 3.63) is 35.9 Å². The zero-order valence-corrected chi connectivity index (χ0v) is 16.0. The summed E-state index contributed by atoms with van der Waals surface area (Å²) < 4.78 is 11.3. The van der Waals surface area contributed by atoms with Crippen molar-refractivity contribution in [3.63, 3.8) is 0 Å². The summed E-state index contributed by atoms with van der Waals surface area (Å²) in [7, 11) is -3.14. The average Bonchev–Trinajstić information content (AvgIpc) is 2.79. The van der Waals surface area contributed by atoms with Crippen LogP contribution in [0.3, 0.4) is 0 Å². The molecule has 0 amide bonds. The summed E-state index contributed by atoms with van der Waals surface area (Å²) in [5.41, 5.74) is 1.20. The molecule has 3 rings (SSSR count). The number of hydrogen-bond acceptors (Lipinski definition) is 5. The molecule has 2 aliphatic heterocycles. The zero-order valence-electron chi connectivity index (χ0n) is 14.2. The molecule has 2 atom stereocenters. The molecule has 0 bridgehead atoms. The lowest BCUT2D eigenvalue weighted by atomic mass is 9.97. The van der Waals surface area contributed by atoms with E-state index in [0.717, 1.165) is 6.42 Å². The van der Waals surface area contributed by atoms with Crippen molar-refractivity contribution in [3.8, 4) is 0 Å². The molecule has 2 saturated heterocycles. The fourth-order valence-electron chi connectivity index (χ4n) is 3.00. The van der Waals surface area contributed by atoms with Crippen LogP contribution in [-0.4, -0.2) is 29.1 Å². The van der Waals surface area contributed by atoms with E-state index in [4.69, 9.17) is 9.05 Å². The minimum atomic E-state index is -3.14. The molecule has 2 fully saturated rings. The second kappa shape index (κ2) is 6.29. The predicted octanol–water partition coefficient (Wildman–Crippen LogP) is 3.19. The molecule has 1 aromatic carbocycles. The molecule has 0 aromatic heterocycles. The Balaban J connectivity index is 1.70. The third kappa shape index (κ3) is 3.92. The van der Waals surface area contributed by atoms with Gasteiger partial charge in [-0.2, -0.15) is 0 Å². The largest absolute Gasteiger partial charge is 0.630 e. The highest BCUT2D eigenvalue weighted by atomic mass is 32.2. The van der Waals surface area contributed by atoms with E-state index in [0.29, 0.717) is 13.2 Å². The Hall–Kier alpha value is -0.160. The Labute approximate surface area is 143 Å². The Morgan fingerprint density at radius 2 is 1.78 bits per heavy atom. The first kappa shape index (κ1) is 17.7. The van der Waals surface area contributed by atoms with Crippen LogP contribution in [0.15, 0.2) is 30.3 Å². The van der Waals surface area contributed by atoms with Crippen molar-refractivity contribution in [2.75, 3.05) is 13.2 Å². The molecule has 0 saturated carbocycles. The van der Waals surface area contributed by atoms with E-state index in [2.05, 4.69) is 57.3 Å². The lowest BCUT2D eigenvalue weighted by Gasteiger charge is -2.43. The highest BCUT2D eigenvalue weighted by Gasteiger charge is 2.58. The summed E-state index contributed by atoms with van der Waals surface area (Å²) in [6.45, 7) is 9.32. The Kier molecular flexibility index (Phi) is 4.83. The first-order valence-electron chi connectivity index (χ1n) is 8.07. The highest BCUT2D eigenvalue weighted by Crippen LogP contribution is 2.66. The van der Waals surface area contributed by atoms with Crippen molar-refractivity contribution in [2.24, 2.45) is 5.41 Å². The number of nitrogens with one attached hydrogen (secondary N) is 1. The Morgan fingerprint density at radius 1 is 1.17 bits per heavy atom. The van der Waals surface area contributed by atoms with Gasteiger partial charge in [0.15, 0.2) is 5.78 Å². The van der Waals surface area contributed by atoms with Gasteiger partial charge < -0.3 is 4.89 Å². The van der Waals surface area contributed by atoms with Crippen LogP contribution in [0.5, 0.6) is 0 Å². The van der Waals surface area contributed by atoms with Crippen molar-refractivity contribution in [1.29, 1.82) is 0 Å². The summed E-state index contributed by atoms with van der Waals surface area (Å²) in [4.78, 5) is 13.2. The van der Waals surface area contributed by atoms with Gasteiger partial charge in [-0.3, -0.25) is 5.32 Å². The minimum Gasteiger partial charge on any atom is -0.630 e. The van der Waals surface area contributed by atoms with Gasteiger partial charge in [-0.25, -0.2) is 9.05 Å². The maximum Gasteiger partial charge on any atom is 0.256 e. The quantitative estimate of drug-likeness (QED) is 0.844. The molecule has 0 radical (unpaired) electrons. The second-order valence-electron chi connectivity index (χ2n) is 7.72. The molecule has 23 heavy (non-hydrogen) atoms. The van der Waals surface area contributed by atoms with Gasteiger partial charge in [0.25, 0.3) is 7.94 Å². The molecule has 0 spiro atoms. The predicted molar refractivity (Wildman–Crippen MR) is 95.1 cm³/mol. The van der Waals surface area contributed by atoms with Crippen LogP contribution in [0.1, 0.15) is 33.3 Å². The molecule has 1 N–H and O–H groups in total. The minimum absolute atomic E-state index is 0.0762. The highest BCUT2D eigenvalue weighted by molar-refractivity contribution is 8.02. The summed E-state index contributed by atoms with van der Waals surface area (Å²) in [6.07, 6.45) is 0.900. The molecule has 128 valence electrons. The van der Waals surface area contributed by atoms with Crippen LogP contribution >= 0.6 is 19.7 Å². The molecule has 4 nitrogen and oxygen atoms in total. The topological polar surface area (TPSA) is 53.5 Å². The summed E-state index contributed by atoms with van der Waals surface area (Å²) in [5.74, 6) is -0.273. The zero-order chi connectivity index (χ0) is 16.7. The first-order valence-corrected chi connectivity index (χ1v) is 10.6.